The second-order valence-corrected chi connectivity index (χ2v) is 6.79. The van der Waals surface area contributed by atoms with E-state index in [0.717, 1.165) is 5.56 Å². The number of pyridine rings is 1. The van der Waals surface area contributed by atoms with E-state index in [4.69, 9.17) is 5.26 Å². The number of sulfonamides is 1. The number of nitrogens with zero attached hydrogens (tertiary/aromatic N) is 3. The van der Waals surface area contributed by atoms with Crippen LogP contribution in [0.15, 0.2) is 47.5 Å². The van der Waals surface area contributed by atoms with Crippen molar-refractivity contribution in [3.05, 3.63) is 59.4 Å². The van der Waals surface area contributed by atoms with Crippen LogP contribution in [0.25, 0.3) is 0 Å². The molecule has 5 nitrogen and oxygen atoms in total. The van der Waals surface area contributed by atoms with Crippen molar-refractivity contribution >= 4 is 10.0 Å². The first-order chi connectivity index (χ1) is 10.1. The molecule has 0 aliphatic carbocycles. The molecule has 106 valence electrons. The first-order valence-electron chi connectivity index (χ1n) is 6.54. The molecule has 0 unspecified atom stereocenters. The molecule has 6 heteroatoms. The van der Waals surface area contributed by atoms with Crippen molar-refractivity contribution in [2.45, 2.75) is 17.9 Å². The van der Waals surface area contributed by atoms with Gasteiger partial charge in [0.2, 0.25) is 10.0 Å². The predicted molar refractivity (Wildman–Crippen MR) is 76.7 cm³/mol. The van der Waals surface area contributed by atoms with Crippen LogP contribution in [0.3, 0.4) is 0 Å². The van der Waals surface area contributed by atoms with Gasteiger partial charge in [-0.05, 0) is 29.7 Å². The van der Waals surface area contributed by atoms with Gasteiger partial charge in [-0.3, -0.25) is 0 Å². The van der Waals surface area contributed by atoms with Crippen LogP contribution in [0.2, 0.25) is 0 Å². The van der Waals surface area contributed by atoms with E-state index in [1.165, 1.54) is 28.2 Å². The van der Waals surface area contributed by atoms with Gasteiger partial charge >= 0.3 is 0 Å². The highest BCUT2D eigenvalue weighted by Gasteiger charge is 2.28. The van der Waals surface area contributed by atoms with Crippen LogP contribution in [0.5, 0.6) is 0 Å². The summed E-state index contributed by atoms with van der Waals surface area (Å²) in [4.78, 5) is 3.96. The lowest BCUT2D eigenvalue weighted by Crippen LogP contribution is -2.36. The maximum atomic E-state index is 12.6. The fourth-order valence-electron chi connectivity index (χ4n) is 2.42. The molecule has 0 saturated heterocycles. The molecule has 0 amide bonds. The van der Waals surface area contributed by atoms with Crippen LogP contribution in [0.4, 0.5) is 0 Å². The molecule has 1 aliphatic heterocycles. The lowest BCUT2D eigenvalue weighted by molar-refractivity contribution is 0.391. The molecule has 3 rings (SSSR count). The van der Waals surface area contributed by atoms with Crippen molar-refractivity contribution in [2.24, 2.45) is 0 Å². The summed E-state index contributed by atoms with van der Waals surface area (Å²) in [5.74, 6) is 0. The summed E-state index contributed by atoms with van der Waals surface area (Å²) in [6.07, 6.45) is 1.95. The van der Waals surface area contributed by atoms with Gasteiger partial charge in [-0.2, -0.15) is 9.57 Å². The van der Waals surface area contributed by atoms with Gasteiger partial charge in [-0.25, -0.2) is 13.4 Å². The molecule has 1 aliphatic rings. The average molecular weight is 299 g/mol. The molecule has 0 atom stereocenters. The van der Waals surface area contributed by atoms with E-state index in [1.54, 1.807) is 0 Å². The Morgan fingerprint density at radius 1 is 1.14 bits per heavy atom. The number of rotatable bonds is 2. The van der Waals surface area contributed by atoms with E-state index < -0.39 is 10.0 Å². The Hall–Kier alpha value is -2.23. The Morgan fingerprint density at radius 3 is 2.57 bits per heavy atom. The molecule has 0 N–H and O–H groups in total. The topological polar surface area (TPSA) is 74.1 Å². The van der Waals surface area contributed by atoms with Crippen molar-refractivity contribution in [1.82, 2.24) is 9.29 Å². The Kier molecular flexibility index (Phi) is 3.45. The van der Waals surface area contributed by atoms with Gasteiger partial charge in [0.25, 0.3) is 0 Å². The highest BCUT2D eigenvalue weighted by atomic mass is 32.2. The predicted octanol–water partition coefficient (Wildman–Crippen LogP) is 1.70. The zero-order chi connectivity index (χ0) is 14.9. The summed E-state index contributed by atoms with van der Waals surface area (Å²) in [6.45, 7) is 0.831. The minimum Gasteiger partial charge on any atom is -0.244 e. The Labute approximate surface area is 123 Å². The minimum atomic E-state index is -3.57. The first-order valence-corrected chi connectivity index (χ1v) is 7.98. The molecule has 0 fully saturated rings. The largest absolute Gasteiger partial charge is 0.244 e. The van der Waals surface area contributed by atoms with Gasteiger partial charge < -0.3 is 0 Å². The third-order valence-corrected chi connectivity index (χ3v) is 5.41. The second kappa shape index (κ2) is 5.28. The molecule has 1 aromatic carbocycles. The highest BCUT2D eigenvalue weighted by Crippen LogP contribution is 2.24. The second-order valence-electron chi connectivity index (χ2n) is 4.85. The van der Waals surface area contributed by atoms with Gasteiger partial charge in [0, 0.05) is 19.3 Å². The number of fused-ring (bicyclic) bond motifs is 1. The molecular formula is C15H13N3O2S. The van der Waals surface area contributed by atoms with Crippen LogP contribution in [0, 0.1) is 11.3 Å². The number of nitriles is 1. The fraction of sp³-hybridized carbons (Fsp3) is 0.200. The third-order valence-electron chi connectivity index (χ3n) is 3.58. The smallest absolute Gasteiger partial charge is 0.244 e. The maximum absolute atomic E-state index is 12.6. The molecule has 0 radical (unpaired) electrons. The van der Waals surface area contributed by atoms with E-state index in [0.29, 0.717) is 19.5 Å². The average Bonchev–Trinajstić information content (AvgIpc) is 2.54. The molecular weight excluding hydrogens is 286 g/mol. The molecule has 0 spiro atoms. The number of aromatic nitrogens is 1. The SMILES string of the molecule is N#Cc1ccc(S(=O)(=O)N2CCc3ccccc3C2)cn1. The van der Waals surface area contributed by atoms with E-state index in [-0.39, 0.29) is 10.6 Å². The summed E-state index contributed by atoms with van der Waals surface area (Å²) in [5, 5.41) is 8.72. The quantitative estimate of drug-likeness (QED) is 0.846. The Bertz CT molecular complexity index is 808. The minimum absolute atomic E-state index is 0.126. The number of hydrogen-bond donors (Lipinski definition) is 0. The van der Waals surface area contributed by atoms with E-state index >= 15 is 0 Å². The van der Waals surface area contributed by atoms with Gasteiger partial charge in [0.1, 0.15) is 16.7 Å². The maximum Gasteiger partial charge on any atom is 0.244 e. The van der Waals surface area contributed by atoms with Crippen molar-refractivity contribution in [3.63, 3.8) is 0 Å². The van der Waals surface area contributed by atoms with E-state index in [9.17, 15) is 8.42 Å². The summed E-state index contributed by atoms with van der Waals surface area (Å²) in [5.41, 5.74) is 2.44. The van der Waals surface area contributed by atoms with Crippen LogP contribution >= 0.6 is 0 Å². The van der Waals surface area contributed by atoms with E-state index in [1.807, 2.05) is 30.3 Å². The molecule has 21 heavy (non-hydrogen) atoms. The van der Waals surface area contributed by atoms with Crippen molar-refractivity contribution in [1.29, 1.82) is 5.26 Å². The number of hydrogen-bond acceptors (Lipinski definition) is 4. The molecule has 2 aromatic rings. The van der Waals surface area contributed by atoms with Gasteiger partial charge in [-0.15, -0.1) is 0 Å². The first kappa shape index (κ1) is 13.7. The van der Waals surface area contributed by atoms with Gasteiger partial charge in [-0.1, -0.05) is 24.3 Å². The van der Waals surface area contributed by atoms with Crippen LogP contribution in [-0.4, -0.2) is 24.3 Å². The third kappa shape index (κ3) is 2.53. The van der Waals surface area contributed by atoms with Crippen LogP contribution in [0.1, 0.15) is 16.8 Å². The zero-order valence-corrected chi connectivity index (χ0v) is 12.0. The fourth-order valence-corrected chi connectivity index (χ4v) is 3.79. The molecule has 0 saturated carbocycles. The summed E-state index contributed by atoms with van der Waals surface area (Å²) in [7, 11) is -3.57. The van der Waals surface area contributed by atoms with Crippen molar-refractivity contribution < 1.29 is 8.42 Å². The van der Waals surface area contributed by atoms with E-state index in [2.05, 4.69) is 4.98 Å². The Morgan fingerprint density at radius 2 is 1.90 bits per heavy atom. The zero-order valence-electron chi connectivity index (χ0n) is 11.2. The molecule has 2 heterocycles. The van der Waals surface area contributed by atoms with Crippen LogP contribution in [-0.2, 0) is 23.0 Å². The standard InChI is InChI=1S/C15H13N3O2S/c16-9-14-5-6-15(10-17-14)21(19,20)18-8-7-12-3-1-2-4-13(12)11-18/h1-6,10H,7-8,11H2. The normalized spacial score (nSPS) is 15.2. The molecule has 1 aromatic heterocycles. The Balaban J connectivity index is 1.91. The van der Waals surface area contributed by atoms with Gasteiger partial charge in [0.15, 0.2) is 0 Å². The summed E-state index contributed by atoms with van der Waals surface area (Å²) < 4.78 is 26.7. The van der Waals surface area contributed by atoms with Crippen LogP contribution < -0.4 is 0 Å². The van der Waals surface area contributed by atoms with Crippen molar-refractivity contribution in [3.8, 4) is 6.07 Å². The highest BCUT2D eigenvalue weighted by molar-refractivity contribution is 7.89. The lowest BCUT2D eigenvalue weighted by atomic mass is 10.0. The summed E-state index contributed by atoms with van der Waals surface area (Å²) in [6, 6.07) is 12.6. The number of benzene rings is 1. The monoisotopic (exact) mass is 299 g/mol. The lowest BCUT2D eigenvalue weighted by Gasteiger charge is -2.27. The summed E-state index contributed by atoms with van der Waals surface area (Å²) >= 11 is 0. The molecule has 0 bridgehead atoms. The van der Waals surface area contributed by atoms with Gasteiger partial charge in [0.05, 0.1) is 0 Å². The van der Waals surface area contributed by atoms with Crippen molar-refractivity contribution in [2.75, 3.05) is 6.54 Å².